The number of amides is 2. The molecule has 88 valence electrons. The maximum absolute atomic E-state index is 11.2. The van der Waals surface area contributed by atoms with Crippen LogP contribution in [0.2, 0.25) is 0 Å². The van der Waals surface area contributed by atoms with Gasteiger partial charge in [-0.3, -0.25) is 4.90 Å². The fourth-order valence-electron chi connectivity index (χ4n) is 2.01. The Bertz CT molecular complexity index is 363. The molecule has 3 nitrogen and oxygen atoms in total. The highest BCUT2D eigenvalue weighted by Crippen LogP contribution is 2.28. The number of hydrogen-bond donors (Lipinski definition) is 1. The molecular weight excluding hydrogens is 200 g/mol. The van der Waals surface area contributed by atoms with Crippen molar-refractivity contribution in [2.24, 2.45) is 11.7 Å². The van der Waals surface area contributed by atoms with E-state index in [9.17, 15) is 4.79 Å². The number of carbonyl (C=O) groups is 1. The number of urea groups is 1. The minimum Gasteiger partial charge on any atom is -0.351 e. The van der Waals surface area contributed by atoms with Gasteiger partial charge in [0.05, 0.1) is 0 Å². The summed E-state index contributed by atoms with van der Waals surface area (Å²) in [5, 5.41) is 0. The van der Waals surface area contributed by atoms with Crippen molar-refractivity contribution < 1.29 is 4.79 Å². The molecule has 0 aromatic heterocycles. The average Bonchev–Trinajstić information content (AvgIpc) is 2.30. The van der Waals surface area contributed by atoms with Crippen molar-refractivity contribution in [3.63, 3.8) is 0 Å². The fourth-order valence-corrected chi connectivity index (χ4v) is 2.01. The van der Waals surface area contributed by atoms with Crippen LogP contribution in [0, 0.1) is 5.92 Å². The molecule has 16 heavy (non-hydrogen) atoms. The van der Waals surface area contributed by atoms with Gasteiger partial charge in [-0.2, -0.15) is 0 Å². The lowest BCUT2D eigenvalue weighted by Gasteiger charge is -2.31. The van der Waals surface area contributed by atoms with E-state index in [-0.39, 0.29) is 6.03 Å². The minimum atomic E-state index is -0.357. The molecule has 1 aliphatic heterocycles. The van der Waals surface area contributed by atoms with Crippen LogP contribution in [0.4, 0.5) is 10.5 Å². The summed E-state index contributed by atoms with van der Waals surface area (Å²) in [4.78, 5) is 12.9. The van der Waals surface area contributed by atoms with Gasteiger partial charge in [-0.25, -0.2) is 4.79 Å². The Balaban J connectivity index is 0.000000606. The second kappa shape index (κ2) is 5.54. The van der Waals surface area contributed by atoms with Gasteiger partial charge in [-0.1, -0.05) is 39.0 Å². The number of fused-ring (bicyclic) bond motifs is 1. The molecule has 2 N–H and O–H groups in total. The normalized spacial score (nSPS) is 18.2. The number of anilines is 1. The van der Waals surface area contributed by atoms with E-state index in [1.807, 2.05) is 32.0 Å². The molecule has 2 rings (SSSR count). The first-order valence-corrected chi connectivity index (χ1v) is 5.83. The summed E-state index contributed by atoms with van der Waals surface area (Å²) in [5.74, 6) is 0.484. The van der Waals surface area contributed by atoms with Crippen molar-refractivity contribution in [1.82, 2.24) is 0 Å². The van der Waals surface area contributed by atoms with Gasteiger partial charge in [-0.05, 0) is 24.0 Å². The molecule has 1 aromatic carbocycles. The second-order valence-corrected chi connectivity index (χ2v) is 3.89. The Morgan fingerprint density at radius 1 is 1.38 bits per heavy atom. The van der Waals surface area contributed by atoms with Crippen molar-refractivity contribution in [1.29, 1.82) is 0 Å². The predicted octanol–water partition coefficient (Wildman–Crippen LogP) is 2.79. The van der Waals surface area contributed by atoms with E-state index < -0.39 is 0 Å². The SMILES string of the molecule is CC.CC1Cc2ccccc2N(C(N)=O)C1. The smallest absolute Gasteiger partial charge is 0.319 e. The number of nitrogens with zero attached hydrogens (tertiary/aromatic N) is 1. The molecular formula is C13H20N2O. The number of benzene rings is 1. The zero-order valence-corrected chi connectivity index (χ0v) is 10.2. The molecule has 0 bridgehead atoms. The molecule has 0 saturated carbocycles. The lowest BCUT2D eigenvalue weighted by Crippen LogP contribution is -2.42. The molecule has 0 aliphatic carbocycles. The van der Waals surface area contributed by atoms with E-state index in [1.54, 1.807) is 4.90 Å². The van der Waals surface area contributed by atoms with Gasteiger partial charge in [0, 0.05) is 12.2 Å². The molecule has 1 aliphatic rings. The summed E-state index contributed by atoms with van der Waals surface area (Å²) in [6, 6.07) is 7.58. The lowest BCUT2D eigenvalue weighted by molar-refractivity contribution is 0.252. The molecule has 0 saturated heterocycles. The van der Waals surface area contributed by atoms with E-state index in [1.165, 1.54) is 5.56 Å². The number of nitrogens with two attached hydrogens (primary N) is 1. The summed E-state index contributed by atoms with van der Waals surface area (Å²) < 4.78 is 0. The number of primary amides is 1. The van der Waals surface area contributed by atoms with Crippen LogP contribution in [0.1, 0.15) is 26.3 Å². The third-order valence-corrected chi connectivity index (χ3v) is 2.61. The van der Waals surface area contributed by atoms with Crippen LogP contribution in [0.5, 0.6) is 0 Å². The van der Waals surface area contributed by atoms with Gasteiger partial charge >= 0.3 is 6.03 Å². The first-order chi connectivity index (χ1) is 7.68. The van der Waals surface area contributed by atoms with E-state index >= 15 is 0 Å². The largest absolute Gasteiger partial charge is 0.351 e. The number of hydrogen-bond acceptors (Lipinski definition) is 1. The van der Waals surface area contributed by atoms with E-state index in [0.29, 0.717) is 5.92 Å². The van der Waals surface area contributed by atoms with Crippen LogP contribution < -0.4 is 10.6 Å². The maximum atomic E-state index is 11.2. The van der Waals surface area contributed by atoms with Crippen molar-refractivity contribution in [3.05, 3.63) is 29.8 Å². The minimum absolute atomic E-state index is 0.357. The number of carbonyl (C=O) groups excluding carboxylic acids is 1. The molecule has 1 unspecified atom stereocenters. The summed E-state index contributed by atoms with van der Waals surface area (Å²) in [6.07, 6.45) is 1.03. The van der Waals surface area contributed by atoms with Gasteiger partial charge in [0.15, 0.2) is 0 Å². The van der Waals surface area contributed by atoms with E-state index in [2.05, 4.69) is 13.0 Å². The quantitative estimate of drug-likeness (QED) is 0.718. The van der Waals surface area contributed by atoms with Crippen LogP contribution in [0.3, 0.4) is 0 Å². The summed E-state index contributed by atoms with van der Waals surface area (Å²) >= 11 is 0. The third-order valence-electron chi connectivity index (χ3n) is 2.61. The van der Waals surface area contributed by atoms with Gasteiger partial charge < -0.3 is 5.73 Å². The van der Waals surface area contributed by atoms with Gasteiger partial charge in [0.1, 0.15) is 0 Å². The molecule has 0 fully saturated rings. The van der Waals surface area contributed by atoms with E-state index in [0.717, 1.165) is 18.7 Å². The zero-order valence-electron chi connectivity index (χ0n) is 10.2. The Kier molecular flexibility index (Phi) is 4.35. The van der Waals surface area contributed by atoms with Crippen LogP contribution >= 0.6 is 0 Å². The van der Waals surface area contributed by atoms with Gasteiger partial charge in [0.25, 0.3) is 0 Å². The summed E-state index contributed by atoms with van der Waals surface area (Å²) in [6.45, 7) is 6.86. The summed E-state index contributed by atoms with van der Waals surface area (Å²) in [5.41, 5.74) is 7.51. The summed E-state index contributed by atoms with van der Waals surface area (Å²) in [7, 11) is 0. The lowest BCUT2D eigenvalue weighted by atomic mass is 9.94. The maximum Gasteiger partial charge on any atom is 0.319 e. The van der Waals surface area contributed by atoms with E-state index in [4.69, 9.17) is 5.73 Å². The molecule has 3 heteroatoms. The first-order valence-electron chi connectivity index (χ1n) is 5.83. The van der Waals surface area contributed by atoms with Crippen molar-refractivity contribution >= 4 is 11.7 Å². The molecule has 1 aromatic rings. The fraction of sp³-hybridized carbons (Fsp3) is 0.462. The standard InChI is InChI=1S/C11H14N2O.C2H6/c1-8-6-9-4-2-3-5-10(9)13(7-8)11(12)14;1-2/h2-5,8H,6-7H2,1H3,(H2,12,14);1-2H3. The molecule has 1 heterocycles. The average molecular weight is 220 g/mol. The Hall–Kier alpha value is -1.51. The van der Waals surface area contributed by atoms with Crippen molar-refractivity contribution in [3.8, 4) is 0 Å². The van der Waals surface area contributed by atoms with Crippen LogP contribution in [0.25, 0.3) is 0 Å². The highest BCUT2D eigenvalue weighted by molar-refractivity contribution is 5.92. The van der Waals surface area contributed by atoms with Crippen LogP contribution in [-0.2, 0) is 6.42 Å². The highest BCUT2D eigenvalue weighted by Gasteiger charge is 2.23. The second-order valence-electron chi connectivity index (χ2n) is 3.89. The predicted molar refractivity (Wildman–Crippen MR) is 67.6 cm³/mol. The van der Waals surface area contributed by atoms with Crippen molar-refractivity contribution in [2.45, 2.75) is 27.2 Å². The molecule has 1 atom stereocenters. The first kappa shape index (κ1) is 12.6. The Morgan fingerprint density at radius 2 is 2.00 bits per heavy atom. The topological polar surface area (TPSA) is 46.3 Å². The van der Waals surface area contributed by atoms with Crippen LogP contribution in [-0.4, -0.2) is 12.6 Å². The zero-order chi connectivity index (χ0) is 12.1. The monoisotopic (exact) mass is 220 g/mol. The Morgan fingerprint density at radius 3 is 2.62 bits per heavy atom. The van der Waals surface area contributed by atoms with Crippen molar-refractivity contribution in [2.75, 3.05) is 11.4 Å². The highest BCUT2D eigenvalue weighted by atomic mass is 16.2. The van der Waals surface area contributed by atoms with Crippen LogP contribution in [0.15, 0.2) is 24.3 Å². The molecule has 0 spiro atoms. The van der Waals surface area contributed by atoms with Gasteiger partial charge in [-0.15, -0.1) is 0 Å². The van der Waals surface area contributed by atoms with Gasteiger partial charge in [0.2, 0.25) is 0 Å². The Labute approximate surface area is 97.2 Å². The number of rotatable bonds is 0. The molecule has 2 amide bonds. The molecule has 0 radical (unpaired) electrons. The number of para-hydroxylation sites is 1. The third kappa shape index (κ3) is 2.54.